The fourth-order valence-corrected chi connectivity index (χ4v) is 6.70. The zero-order valence-corrected chi connectivity index (χ0v) is 29.4. The molecular weight excluding hydrogens is 664 g/mol. The number of ether oxygens (including phenoxy) is 1. The number of nitrogens with two attached hydrogens (primary N) is 1. The van der Waals surface area contributed by atoms with Crippen LogP contribution in [0.2, 0.25) is 0 Å². The zero-order valence-electron chi connectivity index (χ0n) is 29.4. The monoisotopic (exact) mass is 708 g/mol. The molecule has 0 spiro atoms. The number of imidazole rings is 2. The topological polar surface area (TPSA) is 203 Å². The summed E-state index contributed by atoms with van der Waals surface area (Å²) in [4.78, 5) is 57.1. The number of nitrogens with one attached hydrogen (secondary N) is 3. The van der Waals surface area contributed by atoms with Crippen molar-refractivity contribution in [3.05, 3.63) is 83.7 Å². The van der Waals surface area contributed by atoms with Crippen LogP contribution >= 0.6 is 0 Å². The normalized spacial score (nSPS) is 19.3. The predicted molar refractivity (Wildman–Crippen MR) is 192 cm³/mol. The molecule has 4 aromatic rings. The first-order valence-electron chi connectivity index (χ1n) is 17.4. The summed E-state index contributed by atoms with van der Waals surface area (Å²) in [5.41, 5.74) is 11.1. The number of aromatic amines is 2. The fourth-order valence-electron chi connectivity index (χ4n) is 6.70. The van der Waals surface area contributed by atoms with Gasteiger partial charge in [-0.2, -0.15) is 0 Å². The number of aliphatic hydroxyl groups excluding tert-OH is 2. The Hall–Kier alpha value is -5.49. The van der Waals surface area contributed by atoms with Gasteiger partial charge in [-0.3, -0.25) is 9.59 Å². The highest BCUT2D eigenvalue weighted by Gasteiger charge is 2.38. The third-order valence-corrected chi connectivity index (χ3v) is 9.65. The molecule has 0 saturated carbocycles. The van der Waals surface area contributed by atoms with Crippen molar-refractivity contribution in [2.45, 2.75) is 75.9 Å². The molecule has 0 unspecified atom stereocenters. The van der Waals surface area contributed by atoms with E-state index in [9.17, 15) is 24.6 Å². The molecule has 52 heavy (non-hydrogen) atoms. The predicted octanol–water partition coefficient (Wildman–Crippen LogP) is 3.01. The first-order valence-corrected chi connectivity index (χ1v) is 17.4. The van der Waals surface area contributed by atoms with E-state index in [1.165, 1.54) is 21.0 Å². The van der Waals surface area contributed by atoms with E-state index in [1.807, 2.05) is 48.5 Å². The maximum Gasteiger partial charge on any atom is 0.407 e. The van der Waals surface area contributed by atoms with Gasteiger partial charge >= 0.3 is 6.09 Å². The highest BCUT2D eigenvalue weighted by atomic mass is 16.5. The largest absolute Gasteiger partial charge is 0.453 e. The maximum atomic E-state index is 13.3. The molecule has 2 aliphatic heterocycles. The molecule has 0 bridgehead atoms. The average Bonchev–Trinajstić information content (AvgIpc) is 3.99. The average molecular weight is 709 g/mol. The molecule has 0 aliphatic carbocycles. The summed E-state index contributed by atoms with van der Waals surface area (Å²) < 4.78 is 4.63. The van der Waals surface area contributed by atoms with Crippen LogP contribution in [0.15, 0.2) is 60.9 Å². The zero-order chi connectivity index (χ0) is 36.9. The van der Waals surface area contributed by atoms with Crippen LogP contribution in [-0.2, 0) is 14.3 Å². The van der Waals surface area contributed by atoms with Gasteiger partial charge in [-0.25, -0.2) is 14.8 Å². The van der Waals surface area contributed by atoms with Crippen LogP contribution in [0.4, 0.5) is 4.79 Å². The van der Waals surface area contributed by atoms with Gasteiger partial charge in [-0.1, -0.05) is 36.1 Å². The van der Waals surface area contributed by atoms with Gasteiger partial charge in [0, 0.05) is 24.2 Å². The summed E-state index contributed by atoms with van der Waals surface area (Å²) in [6, 6.07) is 13.0. The minimum atomic E-state index is -1.13. The van der Waals surface area contributed by atoms with Gasteiger partial charge in [0.2, 0.25) is 11.8 Å². The van der Waals surface area contributed by atoms with E-state index < -0.39 is 36.3 Å². The van der Waals surface area contributed by atoms with E-state index >= 15 is 0 Å². The van der Waals surface area contributed by atoms with Crippen LogP contribution < -0.4 is 11.1 Å². The molecule has 6 atom stereocenters. The summed E-state index contributed by atoms with van der Waals surface area (Å²) >= 11 is 0. The standard InChI is InChI=1S/C38H44N8O6/c1-22(47)32(39)36(49)45-18-4-6-30(45)34-40-20-28(42-34)26-14-10-24(11-15-26)8-9-25-12-16-27(17-13-25)29-21-41-35(43-29)31-7-5-19-46(31)37(50)33(23(2)48)44-38(51)52-3/h10-17,20-23,30-33,47-48H,4-7,18-19,39H2,1-3H3,(H,40,42)(H,41,43)(H,44,51)/t22-,23-,30-,31-,32+,33+/m0/s1. The van der Waals surface area contributed by atoms with E-state index in [2.05, 4.69) is 41.8 Å². The number of H-pyrrole nitrogens is 2. The van der Waals surface area contributed by atoms with Crippen molar-refractivity contribution in [1.82, 2.24) is 35.1 Å². The smallest absolute Gasteiger partial charge is 0.407 e. The number of amides is 3. The quantitative estimate of drug-likeness (QED) is 0.141. The van der Waals surface area contributed by atoms with Crippen molar-refractivity contribution in [1.29, 1.82) is 0 Å². The summed E-state index contributed by atoms with van der Waals surface area (Å²) in [5, 5.41) is 22.4. The van der Waals surface area contributed by atoms with Crippen LogP contribution in [0.1, 0.15) is 74.4 Å². The number of hydrogen-bond acceptors (Lipinski definition) is 9. The second-order valence-corrected chi connectivity index (χ2v) is 13.3. The Morgan fingerprint density at radius 2 is 1.27 bits per heavy atom. The lowest BCUT2D eigenvalue weighted by Crippen LogP contribution is -2.53. The van der Waals surface area contributed by atoms with E-state index in [-0.39, 0.29) is 18.0 Å². The Kier molecular flexibility index (Phi) is 11.0. The van der Waals surface area contributed by atoms with Gasteiger partial charge in [0.1, 0.15) is 23.7 Å². The van der Waals surface area contributed by atoms with E-state index in [1.54, 1.807) is 22.2 Å². The molecule has 7 N–H and O–H groups in total. The molecule has 14 nitrogen and oxygen atoms in total. The number of rotatable bonds is 9. The van der Waals surface area contributed by atoms with Gasteiger partial charge in [-0.05, 0) is 74.9 Å². The van der Waals surface area contributed by atoms with Crippen LogP contribution in [0.5, 0.6) is 0 Å². The minimum absolute atomic E-state index is 0.209. The maximum absolute atomic E-state index is 13.3. The molecule has 272 valence electrons. The lowest BCUT2D eigenvalue weighted by molar-refractivity contribution is -0.137. The number of carbonyl (C=O) groups excluding carboxylic acids is 3. The SMILES string of the molecule is COC(=O)N[C@@H](C(=O)N1CCC[C@H]1c1ncc(-c2ccc(C#Cc3ccc(-c4cnc([C@@H]5CCCN5C(=O)[C@H](N)[C@H](C)O)[nH]4)cc3)cc2)[nH]1)[C@H](C)O. The van der Waals surface area contributed by atoms with Gasteiger partial charge < -0.3 is 45.8 Å². The lowest BCUT2D eigenvalue weighted by Gasteiger charge is -2.29. The fraction of sp³-hybridized carbons (Fsp3) is 0.395. The Morgan fingerprint density at radius 3 is 1.69 bits per heavy atom. The van der Waals surface area contributed by atoms with Gasteiger partial charge in [0.05, 0.1) is 55.2 Å². The second-order valence-electron chi connectivity index (χ2n) is 13.3. The van der Waals surface area contributed by atoms with Crippen molar-refractivity contribution in [2.75, 3.05) is 20.2 Å². The number of carbonyl (C=O) groups is 3. The Labute approximate surface area is 301 Å². The molecule has 2 aromatic carbocycles. The Morgan fingerprint density at radius 1 is 0.808 bits per heavy atom. The molecule has 2 fully saturated rings. The Bertz CT molecular complexity index is 1940. The summed E-state index contributed by atoms with van der Waals surface area (Å²) in [7, 11) is 1.20. The van der Waals surface area contributed by atoms with Crippen LogP contribution in [0.3, 0.4) is 0 Å². The molecule has 14 heteroatoms. The minimum Gasteiger partial charge on any atom is -0.453 e. The lowest BCUT2D eigenvalue weighted by atomic mass is 10.1. The van der Waals surface area contributed by atoms with Crippen molar-refractivity contribution in [2.24, 2.45) is 5.73 Å². The third-order valence-electron chi connectivity index (χ3n) is 9.65. The van der Waals surface area contributed by atoms with Crippen LogP contribution in [0.25, 0.3) is 22.5 Å². The number of nitrogens with zero attached hydrogens (tertiary/aromatic N) is 4. The number of aromatic nitrogens is 4. The van der Waals surface area contributed by atoms with Crippen molar-refractivity contribution in [3.8, 4) is 34.4 Å². The highest BCUT2D eigenvalue weighted by Crippen LogP contribution is 2.33. The number of benzene rings is 2. The number of aliphatic hydroxyl groups is 2. The number of methoxy groups -OCH3 is 1. The van der Waals surface area contributed by atoms with Gasteiger partial charge in [0.15, 0.2) is 0 Å². The van der Waals surface area contributed by atoms with Gasteiger partial charge in [-0.15, -0.1) is 0 Å². The molecule has 3 amide bonds. The van der Waals surface area contributed by atoms with E-state index in [0.29, 0.717) is 31.2 Å². The van der Waals surface area contributed by atoms with Crippen LogP contribution in [0, 0.1) is 11.8 Å². The molecule has 2 aromatic heterocycles. The van der Waals surface area contributed by atoms with Crippen molar-refractivity contribution >= 4 is 17.9 Å². The molecule has 6 rings (SSSR count). The molecule has 2 saturated heterocycles. The Balaban J connectivity index is 1.08. The van der Waals surface area contributed by atoms with Gasteiger partial charge in [0.25, 0.3) is 0 Å². The molecule has 0 radical (unpaired) electrons. The van der Waals surface area contributed by atoms with Crippen molar-refractivity contribution in [3.63, 3.8) is 0 Å². The summed E-state index contributed by atoms with van der Waals surface area (Å²) in [6.07, 6.45) is 3.76. The summed E-state index contributed by atoms with van der Waals surface area (Å²) in [6.45, 7) is 4.03. The van der Waals surface area contributed by atoms with E-state index in [0.717, 1.165) is 52.9 Å². The highest BCUT2D eigenvalue weighted by molar-refractivity contribution is 5.87. The molecular formula is C38H44N8O6. The molecule has 2 aliphatic rings. The second kappa shape index (κ2) is 15.8. The van der Waals surface area contributed by atoms with Crippen LogP contribution in [-0.4, -0.2) is 102 Å². The first kappa shape index (κ1) is 36.3. The third kappa shape index (κ3) is 7.86. The van der Waals surface area contributed by atoms with E-state index in [4.69, 9.17) is 5.73 Å². The van der Waals surface area contributed by atoms with Crippen molar-refractivity contribution < 1.29 is 29.3 Å². The first-order chi connectivity index (χ1) is 25.0. The molecule has 4 heterocycles. The number of likely N-dealkylation sites (tertiary alicyclic amines) is 2. The number of hydrogen-bond donors (Lipinski definition) is 6. The summed E-state index contributed by atoms with van der Waals surface area (Å²) in [5.74, 6) is 7.09. The number of alkyl carbamates (subject to hydrolysis) is 1.